The summed E-state index contributed by atoms with van der Waals surface area (Å²) in [7, 11) is 0. The molecule has 1 saturated carbocycles. The highest BCUT2D eigenvalue weighted by Gasteiger charge is 2.28. The Kier molecular flexibility index (Phi) is 6.29. The normalized spacial score (nSPS) is 13.0. The second-order valence-electron chi connectivity index (χ2n) is 6.73. The van der Waals surface area contributed by atoms with Crippen molar-refractivity contribution in [2.24, 2.45) is 0 Å². The fraction of sp³-hybridized carbons (Fsp3) is 0.421. The van der Waals surface area contributed by atoms with Crippen LogP contribution in [-0.4, -0.2) is 38.9 Å². The smallest absolute Gasteiger partial charge is 0.331 e. The van der Waals surface area contributed by atoms with E-state index in [2.05, 4.69) is 5.32 Å². The minimum atomic E-state index is -0.791. The molecule has 0 atom stereocenters. The average Bonchev–Trinajstić information content (AvgIpc) is 3.42. The van der Waals surface area contributed by atoms with Gasteiger partial charge in [-0.05, 0) is 31.2 Å². The molecule has 0 spiro atoms. The molecular formula is C19H21N5O4S. The van der Waals surface area contributed by atoms with Crippen LogP contribution in [0.15, 0.2) is 33.3 Å². The predicted octanol–water partition coefficient (Wildman–Crippen LogP) is 0.443. The zero-order valence-corrected chi connectivity index (χ0v) is 16.8. The summed E-state index contributed by atoms with van der Waals surface area (Å²) in [6.07, 6.45) is 2.85. The highest BCUT2D eigenvalue weighted by Crippen LogP contribution is 2.33. The molecule has 29 heavy (non-hydrogen) atoms. The highest BCUT2D eigenvalue weighted by molar-refractivity contribution is 7.09. The second-order valence-corrected chi connectivity index (χ2v) is 7.76. The number of likely N-dealkylation sites (N-methyl/N-ethyl adjacent to an activating group) is 1. The van der Waals surface area contributed by atoms with E-state index in [-0.39, 0.29) is 30.6 Å². The van der Waals surface area contributed by atoms with Gasteiger partial charge in [0.1, 0.15) is 18.2 Å². The van der Waals surface area contributed by atoms with Gasteiger partial charge in [-0.25, -0.2) is 9.36 Å². The monoisotopic (exact) mass is 415 g/mol. The lowest BCUT2D eigenvalue weighted by Gasteiger charge is -2.21. The number of aromatic nitrogens is 2. The molecule has 0 bridgehead atoms. The first-order valence-electron chi connectivity index (χ1n) is 9.27. The molecule has 1 fully saturated rings. The summed E-state index contributed by atoms with van der Waals surface area (Å²) >= 11 is 1.52. The van der Waals surface area contributed by atoms with Gasteiger partial charge in [-0.2, -0.15) is 5.26 Å². The quantitative estimate of drug-likeness (QED) is 0.671. The molecule has 1 aliphatic carbocycles. The third kappa shape index (κ3) is 4.81. The summed E-state index contributed by atoms with van der Waals surface area (Å²) in [5.41, 5.74) is -1.58. The van der Waals surface area contributed by atoms with Crippen LogP contribution in [-0.2, 0) is 22.7 Å². The van der Waals surface area contributed by atoms with Crippen LogP contribution in [0.3, 0.4) is 0 Å². The predicted molar refractivity (Wildman–Crippen MR) is 106 cm³/mol. The first-order chi connectivity index (χ1) is 13.9. The van der Waals surface area contributed by atoms with E-state index in [9.17, 15) is 24.4 Å². The van der Waals surface area contributed by atoms with E-state index in [4.69, 9.17) is 0 Å². The van der Waals surface area contributed by atoms with Crippen molar-refractivity contribution in [3.05, 3.63) is 55.0 Å². The van der Waals surface area contributed by atoms with Gasteiger partial charge in [0.05, 0.1) is 13.1 Å². The number of hydrogen-bond donors (Lipinski definition) is 1. The highest BCUT2D eigenvalue weighted by atomic mass is 32.1. The van der Waals surface area contributed by atoms with Gasteiger partial charge in [-0.3, -0.25) is 19.0 Å². The molecule has 0 saturated heterocycles. The number of nitrogens with one attached hydrogen (secondary N) is 1. The van der Waals surface area contributed by atoms with Crippen molar-refractivity contribution in [2.45, 2.75) is 38.9 Å². The number of carbonyl (C=O) groups excluding carboxylic acids is 2. The molecule has 9 nitrogen and oxygen atoms in total. The van der Waals surface area contributed by atoms with Crippen molar-refractivity contribution in [3.8, 4) is 6.07 Å². The van der Waals surface area contributed by atoms with Gasteiger partial charge in [-0.15, -0.1) is 11.3 Å². The van der Waals surface area contributed by atoms with Crippen LogP contribution < -0.4 is 16.6 Å². The molecule has 152 valence electrons. The molecule has 1 N–H and O–H groups in total. The van der Waals surface area contributed by atoms with Gasteiger partial charge < -0.3 is 10.2 Å². The average molecular weight is 415 g/mol. The van der Waals surface area contributed by atoms with Crippen LogP contribution in [0.1, 0.15) is 36.2 Å². The number of nitriles is 1. The maximum atomic E-state index is 12.7. The topological polar surface area (TPSA) is 117 Å². The van der Waals surface area contributed by atoms with E-state index < -0.39 is 23.7 Å². The summed E-state index contributed by atoms with van der Waals surface area (Å²) in [5.74, 6) is -0.863. The third-order valence-electron chi connectivity index (χ3n) is 4.66. The zero-order chi connectivity index (χ0) is 21.0. The largest absolute Gasteiger partial charge is 0.350 e. The first kappa shape index (κ1) is 20.5. The second kappa shape index (κ2) is 8.87. The van der Waals surface area contributed by atoms with Gasteiger partial charge in [-0.1, -0.05) is 6.07 Å². The van der Waals surface area contributed by atoms with Crippen molar-refractivity contribution in [3.63, 3.8) is 0 Å². The Morgan fingerprint density at radius 2 is 2.14 bits per heavy atom. The maximum absolute atomic E-state index is 12.7. The van der Waals surface area contributed by atoms with Gasteiger partial charge in [0.25, 0.3) is 5.56 Å². The summed E-state index contributed by atoms with van der Waals surface area (Å²) < 4.78 is 2.13. The fourth-order valence-corrected chi connectivity index (χ4v) is 3.54. The van der Waals surface area contributed by atoms with E-state index in [0.717, 1.165) is 22.3 Å². The van der Waals surface area contributed by atoms with Gasteiger partial charge in [0.15, 0.2) is 0 Å². The Hall–Kier alpha value is -3.19. The fourth-order valence-electron chi connectivity index (χ4n) is 2.89. The van der Waals surface area contributed by atoms with Gasteiger partial charge in [0, 0.05) is 23.7 Å². The lowest BCUT2D eigenvalue weighted by atomic mass is 10.3. The summed E-state index contributed by atoms with van der Waals surface area (Å²) in [5, 5.41) is 13.8. The third-order valence-corrected chi connectivity index (χ3v) is 5.53. The van der Waals surface area contributed by atoms with Crippen LogP contribution in [0.5, 0.6) is 0 Å². The zero-order valence-electron chi connectivity index (χ0n) is 16.0. The lowest BCUT2D eigenvalue weighted by Crippen LogP contribution is -2.47. The standard InChI is InChI=1S/C19H21N5O4S/c1-2-22(11-16(25)21-9-15-4-3-7-29-15)17(26)12-24-18(27)13(8-20)10-23(19(24)28)14-5-6-14/h3-4,7,10,14H,2,5-6,9,11-12H2,1H3,(H,21,25). The van der Waals surface area contributed by atoms with Crippen LogP contribution >= 0.6 is 11.3 Å². The minimum absolute atomic E-state index is 0.0399. The molecule has 10 heteroatoms. The first-order valence-corrected chi connectivity index (χ1v) is 10.2. The Balaban J connectivity index is 1.71. The molecule has 2 aromatic rings. The molecule has 1 aliphatic rings. The number of rotatable bonds is 8. The molecular weight excluding hydrogens is 394 g/mol. The number of carbonyl (C=O) groups is 2. The van der Waals surface area contributed by atoms with Crippen molar-refractivity contribution in [1.82, 2.24) is 19.4 Å². The van der Waals surface area contributed by atoms with E-state index in [1.165, 1.54) is 27.0 Å². The number of amides is 2. The van der Waals surface area contributed by atoms with E-state index >= 15 is 0 Å². The minimum Gasteiger partial charge on any atom is -0.350 e. The molecule has 0 aromatic carbocycles. The van der Waals surface area contributed by atoms with E-state index in [0.29, 0.717) is 6.54 Å². The van der Waals surface area contributed by atoms with Crippen LogP contribution in [0.25, 0.3) is 0 Å². The molecule has 0 aliphatic heterocycles. The van der Waals surface area contributed by atoms with Crippen molar-refractivity contribution < 1.29 is 9.59 Å². The number of hydrogen-bond acceptors (Lipinski definition) is 6. The van der Waals surface area contributed by atoms with Crippen LogP contribution in [0, 0.1) is 11.3 Å². The maximum Gasteiger partial charge on any atom is 0.331 e. The summed E-state index contributed by atoms with van der Waals surface area (Å²) in [6.45, 7) is 1.64. The van der Waals surface area contributed by atoms with Gasteiger partial charge in [0.2, 0.25) is 11.8 Å². The molecule has 2 heterocycles. The Morgan fingerprint density at radius 1 is 1.38 bits per heavy atom. The number of thiophene rings is 1. The molecule has 2 aromatic heterocycles. The van der Waals surface area contributed by atoms with Crippen molar-refractivity contribution in [1.29, 1.82) is 5.26 Å². The van der Waals surface area contributed by atoms with Crippen molar-refractivity contribution >= 4 is 23.2 Å². The molecule has 0 radical (unpaired) electrons. The summed E-state index contributed by atoms with van der Waals surface area (Å²) in [6, 6.07) is 5.52. The molecule has 3 rings (SSSR count). The Labute approximate surface area is 170 Å². The Bertz CT molecular complexity index is 1060. The Morgan fingerprint density at radius 3 is 2.72 bits per heavy atom. The molecule has 2 amide bonds. The van der Waals surface area contributed by atoms with Gasteiger partial charge >= 0.3 is 5.69 Å². The SMILES string of the molecule is CCN(CC(=O)NCc1cccs1)C(=O)Cn1c(=O)c(C#N)cn(C2CC2)c1=O. The van der Waals surface area contributed by atoms with Crippen LogP contribution in [0.4, 0.5) is 0 Å². The molecule has 0 unspecified atom stereocenters. The number of nitrogens with zero attached hydrogens (tertiary/aromatic N) is 4. The lowest BCUT2D eigenvalue weighted by molar-refractivity contribution is -0.136. The van der Waals surface area contributed by atoms with E-state index in [1.54, 1.807) is 13.0 Å². The van der Waals surface area contributed by atoms with Crippen molar-refractivity contribution in [2.75, 3.05) is 13.1 Å². The van der Waals surface area contributed by atoms with E-state index in [1.807, 2.05) is 17.5 Å². The van der Waals surface area contributed by atoms with Crippen LogP contribution in [0.2, 0.25) is 0 Å². The summed E-state index contributed by atoms with van der Waals surface area (Å²) in [4.78, 5) is 52.1.